The Morgan fingerprint density at radius 1 is 1.00 bits per heavy atom. The van der Waals surface area contributed by atoms with E-state index >= 15 is 0 Å². The zero-order chi connectivity index (χ0) is 13.9. The van der Waals surface area contributed by atoms with Gasteiger partial charge >= 0.3 is 0 Å². The lowest BCUT2D eigenvalue weighted by molar-refractivity contribution is 0.0988. The summed E-state index contributed by atoms with van der Waals surface area (Å²) in [5.41, 5.74) is 3.37. The van der Waals surface area contributed by atoms with Crippen LogP contribution >= 0.6 is 0 Å². The summed E-state index contributed by atoms with van der Waals surface area (Å²) in [4.78, 5) is 20.9. The van der Waals surface area contributed by atoms with Crippen LogP contribution in [0.15, 0.2) is 54.9 Å². The SMILES string of the molecule is Cc1cccnc1C(=O)Cc1ccnc2ccccc12. The lowest BCUT2D eigenvalue weighted by Crippen LogP contribution is -2.08. The van der Waals surface area contributed by atoms with Gasteiger partial charge in [0.15, 0.2) is 5.78 Å². The molecule has 0 spiro atoms. The minimum atomic E-state index is 0.0412. The Balaban J connectivity index is 1.98. The standard InChI is InChI=1S/C17H14N2O/c1-12-5-4-9-19-17(12)16(20)11-13-8-10-18-15-7-3-2-6-14(13)15/h2-10H,11H2,1H3. The highest BCUT2D eigenvalue weighted by Gasteiger charge is 2.12. The van der Waals surface area contributed by atoms with Gasteiger partial charge < -0.3 is 0 Å². The Kier molecular flexibility index (Phi) is 3.25. The summed E-state index contributed by atoms with van der Waals surface area (Å²) in [6.45, 7) is 1.91. The van der Waals surface area contributed by atoms with Crippen molar-refractivity contribution < 1.29 is 4.79 Å². The first-order valence-electron chi connectivity index (χ1n) is 6.53. The average Bonchev–Trinajstić information content (AvgIpc) is 2.48. The van der Waals surface area contributed by atoms with Gasteiger partial charge in [0, 0.05) is 24.2 Å². The second-order valence-electron chi connectivity index (χ2n) is 4.76. The summed E-state index contributed by atoms with van der Waals surface area (Å²) in [5, 5.41) is 1.02. The van der Waals surface area contributed by atoms with Crippen LogP contribution in [-0.4, -0.2) is 15.8 Å². The fourth-order valence-electron chi connectivity index (χ4n) is 2.34. The van der Waals surface area contributed by atoms with Crippen LogP contribution < -0.4 is 0 Å². The van der Waals surface area contributed by atoms with Crippen LogP contribution in [0.4, 0.5) is 0 Å². The van der Waals surface area contributed by atoms with E-state index in [0.29, 0.717) is 12.1 Å². The van der Waals surface area contributed by atoms with Gasteiger partial charge in [-0.3, -0.25) is 14.8 Å². The van der Waals surface area contributed by atoms with E-state index in [1.807, 2.05) is 49.4 Å². The van der Waals surface area contributed by atoms with Gasteiger partial charge in [0.25, 0.3) is 0 Å². The van der Waals surface area contributed by atoms with Crippen LogP contribution in [0.3, 0.4) is 0 Å². The second-order valence-corrected chi connectivity index (χ2v) is 4.76. The van der Waals surface area contributed by atoms with Gasteiger partial charge in [-0.25, -0.2) is 0 Å². The van der Waals surface area contributed by atoms with Crippen molar-refractivity contribution in [3.63, 3.8) is 0 Å². The number of rotatable bonds is 3. The van der Waals surface area contributed by atoms with Crippen molar-refractivity contribution >= 4 is 16.7 Å². The number of aryl methyl sites for hydroxylation is 1. The van der Waals surface area contributed by atoms with E-state index in [2.05, 4.69) is 9.97 Å². The molecule has 0 amide bonds. The molecule has 0 radical (unpaired) electrons. The van der Waals surface area contributed by atoms with Crippen molar-refractivity contribution in [3.05, 3.63) is 71.7 Å². The van der Waals surface area contributed by atoms with Crippen LogP contribution in [0, 0.1) is 6.92 Å². The van der Waals surface area contributed by atoms with Crippen LogP contribution in [-0.2, 0) is 6.42 Å². The number of pyridine rings is 2. The highest BCUT2D eigenvalue weighted by molar-refractivity contribution is 5.99. The van der Waals surface area contributed by atoms with E-state index in [1.165, 1.54) is 0 Å². The molecule has 0 aliphatic carbocycles. The molecule has 0 aliphatic rings. The summed E-state index contributed by atoms with van der Waals surface area (Å²) in [7, 11) is 0. The number of para-hydroxylation sites is 1. The molecule has 98 valence electrons. The predicted octanol–water partition coefficient (Wildman–Crippen LogP) is 3.36. The monoisotopic (exact) mass is 262 g/mol. The molecule has 2 heterocycles. The number of benzene rings is 1. The average molecular weight is 262 g/mol. The summed E-state index contributed by atoms with van der Waals surface area (Å²) < 4.78 is 0. The third-order valence-corrected chi connectivity index (χ3v) is 3.36. The number of carbonyl (C=O) groups excluding carboxylic acids is 1. The minimum absolute atomic E-state index is 0.0412. The fourth-order valence-corrected chi connectivity index (χ4v) is 2.34. The zero-order valence-electron chi connectivity index (χ0n) is 11.2. The van der Waals surface area contributed by atoms with Crippen molar-refractivity contribution in [2.45, 2.75) is 13.3 Å². The molecule has 3 nitrogen and oxygen atoms in total. The van der Waals surface area contributed by atoms with Crippen molar-refractivity contribution in [2.75, 3.05) is 0 Å². The highest BCUT2D eigenvalue weighted by atomic mass is 16.1. The van der Waals surface area contributed by atoms with E-state index in [4.69, 9.17) is 0 Å². The van der Waals surface area contributed by atoms with Gasteiger partial charge in [-0.15, -0.1) is 0 Å². The number of Topliss-reactive ketones (excluding diaryl/α,β-unsaturated/α-hetero) is 1. The molecule has 0 aliphatic heterocycles. The second kappa shape index (κ2) is 5.21. The third-order valence-electron chi connectivity index (χ3n) is 3.36. The molecule has 2 aromatic heterocycles. The summed E-state index contributed by atoms with van der Waals surface area (Å²) in [5.74, 6) is 0.0412. The first-order valence-corrected chi connectivity index (χ1v) is 6.53. The third kappa shape index (κ3) is 2.30. The van der Waals surface area contributed by atoms with Gasteiger partial charge in [0.05, 0.1) is 5.52 Å². The van der Waals surface area contributed by atoms with Crippen molar-refractivity contribution in [1.82, 2.24) is 9.97 Å². The van der Waals surface area contributed by atoms with E-state index in [1.54, 1.807) is 12.4 Å². The maximum atomic E-state index is 12.4. The lowest BCUT2D eigenvalue weighted by Gasteiger charge is -2.06. The number of nitrogens with zero attached hydrogens (tertiary/aromatic N) is 2. The molecule has 0 atom stereocenters. The Hall–Kier alpha value is -2.55. The summed E-state index contributed by atoms with van der Waals surface area (Å²) in [6.07, 6.45) is 3.75. The topological polar surface area (TPSA) is 42.9 Å². The number of fused-ring (bicyclic) bond motifs is 1. The Labute approximate surface area is 117 Å². The Morgan fingerprint density at radius 3 is 2.70 bits per heavy atom. The van der Waals surface area contributed by atoms with Gasteiger partial charge in [0.2, 0.25) is 0 Å². The van der Waals surface area contributed by atoms with Gasteiger partial charge in [-0.1, -0.05) is 24.3 Å². The molecule has 0 fully saturated rings. The zero-order valence-corrected chi connectivity index (χ0v) is 11.2. The highest BCUT2D eigenvalue weighted by Crippen LogP contribution is 2.18. The number of hydrogen-bond acceptors (Lipinski definition) is 3. The van der Waals surface area contributed by atoms with Crippen LogP contribution in [0.1, 0.15) is 21.6 Å². The molecule has 3 heteroatoms. The largest absolute Gasteiger partial charge is 0.292 e. The molecule has 1 aromatic carbocycles. The van der Waals surface area contributed by atoms with E-state index < -0.39 is 0 Å². The maximum absolute atomic E-state index is 12.4. The fraction of sp³-hybridized carbons (Fsp3) is 0.118. The van der Waals surface area contributed by atoms with Gasteiger partial charge in [0.1, 0.15) is 5.69 Å². The molecule has 3 aromatic rings. The summed E-state index contributed by atoms with van der Waals surface area (Å²) in [6, 6.07) is 13.5. The lowest BCUT2D eigenvalue weighted by atomic mass is 10.0. The molecule has 0 unspecified atom stereocenters. The molecule has 0 saturated carbocycles. The smallest absolute Gasteiger partial charge is 0.185 e. The van der Waals surface area contributed by atoms with Crippen LogP contribution in [0.2, 0.25) is 0 Å². The quantitative estimate of drug-likeness (QED) is 0.680. The first-order chi connectivity index (χ1) is 9.75. The van der Waals surface area contributed by atoms with Crippen LogP contribution in [0.5, 0.6) is 0 Å². The van der Waals surface area contributed by atoms with Crippen molar-refractivity contribution in [3.8, 4) is 0 Å². The number of hydrogen-bond donors (Lipinski definition) is 0. The van der Waals surface area contributed by atoms with E-state index in [-0.39, 0.29) is 5.78 Å². The molecule has 0 N–H and O–H groups in total. The normalized spacial score (nSPS) is 10.7. The molecule has 20 heavy (non-hydrogen) atoms. The molecule has 3 rings (SSSR count). The Bertz CT molecular complexity index is 775. The number of ketones is 1. The molecule has 0 saturated heterocycles. The summed E-state index contributed by atoms with van der Waals surface area (Å²) >= 11 is 0. The van der Waals surface area contributed by atoms with Crippen molar-refractivity contribution in [2.24, 2.45) is 0 Å². The van der Waals surface area contributed by atoms with Gasteiger partial charge in [-0.2, -0.15) is 0 Å². The molecule has 0 bridgehead atoms. The predicted molar refractivity (Wildman–Crippen MR) is 78.8 cm³/mol. The first kappa shape index (κ1) is 12.5. The van der Waals surface area contributed by atoms with Crippen LogP contribution in [0.25, 0.3) is 10.9 Å². The number of carbonyl (C=O) groups is 1. The van der Waals surface area contributed by atoms with Gasteiger partial charge in [-0.05, 0) is 36.2 Å². The molecular formula is C17H14N2O. The Morgan fingerprint density at radius 2 is 1.85 bits per heavy atom. The van der Waals surface area contributed by atoms with Crippen molar-refractivity contribution in [1.29, 1.82) is 0 Å². The molecular weight excluding hydrogens is 248 g/mol. The number of aromatic nitrogens is 2. The van der Waals surface area contributed by atoms with E-state index in [9.17, 15) is 4.79 Å². The van der Waals surface area contributed by atoms with E-state index in [0.717, 1.165) is 22.0 Å². The maximum Gasteiger partial charge on any atom is 0.185 e. The minimum Gasteiger partial charge on any atom is -0.292 e.